The summed E-state index contributed by atoms with van der Waals surface area (Å²) in [4.78, 5) is 17.0. The third kappa shape index (κ3) is 7.09. The van der Waals surface area contributed by atoms with Gasteiger partial charge in [-0.2, -0.15) is 5.26 Å². The van der Waals surface area contributed by atoms with Crippen LogP contribution in [0.3, 0.4) is 0 Å². The minimum Gasteiger partial charge on any atom is -0.446 e. The summed E-state index contributed by atoms with van der Waals surface area (Å²) in [5, 5.41) is 11.6. The van der Waals surface area contributed by atoms with Crippen molar-refractivity contribution in [2.24, 2.45) is 23.5 Å². The van der Waals surface area contributed by atoms with Gasteiger partial charge in [0.15, 0.2) is 0 Å². The van der Waals surface area contributed by atoms with E-state index in [1.165, 1.54) is 18.8 Å². The Balaban J connectivity index is 0.00000172. The average Bonchev–Trinajstić information content (AvgIpc) is 3.40. The van der Waals surface area contributed by atoms with Crippen LogP contribution in [-0.2, 0) is 4.74 Å². The van der Waals surface area contributed by atoms with Gasteiger partial charge in [-0.15, -0.1) is 0 Å². The van der Waals surface area contributed by atoms with E-state index in [9.17, 15) is 9.18 Å². The number of benzene rings is 2. The third-order valence-corrected chi connectivity index (χ3v) is 8.64. The maximum absolute atomic E-state index is 14.3. The number of nitrogens with one attached hydrogen (secondary N) is 1. The number of carbonyl (C=O) groups excluding carboxylic acids is 1. The number of halogens is 1. The van der Waals surface area contributed by atoms with Gasteiger partial charge < -0.3 is 25.6 Å². The molecule has 2 heterocycles. The highest BCUT2D eigenvalue weighted by atomic mass is 19.1. The average molecular weight is 536 g/mol. The number of nitriles is 1. The normalized spacial score (nSPS) is 22.7. The van der Waals surface area contributed by atoms with E-state index < -0.39 is 0 Å². The fourth-order valence-electron chi connectivity index (χ4n) is 6.79. The van der Waals surface area contributed by atoms with Crippen LogP contribution in [0.5, 0.6) is 0 Å². The van der Waals surface area contributed by atoms with Crippen molar-refractivity contribution < 1.29 is 13.9 Å². The van der Waals surface area contributed by atoms with Crippen LogP contribution in [0.4, 0.5) is 14.9 Å². The third-order valence-electron chi connectivity index (χ3n) is 8.64. The number of likely N-dealkylation sites (tertiary alicyclic amines) is 1. The highest BCUT2D eigenvalue weighted by Crippen LogP contribution is 2.46. The molecule has 1 unspecified atom stereocenters. The van der Waals surface area contributed by atoms with E-state index in [-0.39, 0.29) is 29.9 Å². The topological polar surface area (TPSA) is 94.6 Å². The van der Waals surface area contributed by atoms with Gasteiger partial charge in [-0.3, -0.25) is 0 Å². The highest BCUT2D eigenvalue weighted by Gasteiger charge is 2.42. The molecule has 0 radical (unpaired) electrons. The van der Waals surface area contributed by atoms with Crippen molar-refractivity contribution in [3.8, 4) is 6.07 Å². The molecule has 2 aromatic carbocycles. The van der Waals surface area contributed by atoms with E-state index in [0.29, 0.717) is 17.4 Å². The van der Waals surface area contributed by atoms with Crippen molar-refractivity contribution >= 4 is 11.8 Å². The molecular weight excluding hydrogens is 493 g/mol. The molecule has 1 amide bonds. The SMILES string of the molecule is CN.CNC(=O)O[C@H]1CCC[C@@H]1C(c1cccc(F)c1)C1CCN(CC2CN(c3ccc(C#N)cc3)C2)CC1. The molecule has 3 aliphatic rings. The van der Waals surface area contributed by atoms with Crippen LogP contribution in [0.15, 0.2) is 48.5 Å². The summed E-state index contributed by atoms with van der Waals surface area (Å²) in [6, 6.07) is 17.1. The maximum atomic E-state index is 14.3. The van der Waals surface area contributed by atoms with Gasteiger partial charge in [0.25, 0.3) is 0 Å². The number of anilines is 1. The minimum absolute atomic E-state index is 0.116. The number of carbonyl (C=O) groups is 1. The molecule has 3 atom stereocenters. The van der Waals surface area contributed by atoms with Gasteiger partial charge in [0, 0.05) is 44.2 Å². The Labute approximate surface area is 232 Å². The molecule has 2 aromatic rings. The lowest BCUT2D eigenvalue weighted by Crippen LogP contribution is -2.52. The molecule has 7 nitrogen and oxygen atoms in total. The van der Waals surface area contributed by atoms with E-state index in [1.807, 2.05) is 30.3 Å². The number of rotatable bonds is 7. The van der Waals surface area contributed by atoms with Crippen molar-refractivity contribution in [1.29, 1.82) is 5.26 Å². The number of ether oxygens (including phenoxy) is 1. The van der Waals surface area contributed by atoms with Crippen LogP contribution in [0, 0.1) is 34.9 Å². The second-order valence-electron chi connectivity index (χ2n) is 10.9. The Kier molecular flexibility index (Phi) is 10.2. The Bertz CT molecular complexity index is 1110. The highest BCUT2D eigenvalue weighted by molar-refractivity contribution is 5.67. The summed E-state index contributed by atoms with van der Waals surface area (Å²) >= 11 is 0. The lowest BCUT2D eigenvalue weighted by atomic mass is 9.71. The number of amides is 1. The molecule has 0 aromatic heterocycles. The molecule has 3 fully saturated rings. The second kappa shape index (κ2) is 13.8. The molecular formula is C31H42FN5O2. The zero-order valence-corrected chi connectivity index (χ0v) is 23.2. The van der Waals surface area contributed by atoms with Gasteiger partial charge in [-0.25, -0.2) is 9.18 Å². The molecule has 2 aliphatic heterocycles. The van der Waals surface area contributed by atoms with Crippen LogP contribution in [0.25, 0.3) is 0 Å². The van der Waals surface area contributed by atoms with Gasteiger partial charge in [0.05, 0.1) is 11.6 Å². The van der Waals surface area contributed by atoms with E-state index in [2.05, 4.69) is 33.0 Å². The lowest BCUT2D eigenvalue weighted by molar-refractivity contribution is 0.0506. The van der Waals surface area contributed by atoms with E-state index in [1.54, 1.807) is 13.1 Å². The van der Waals surface area contributed by atoms with Crippen molar-refractivity contribution in [2.45, 2.75) is 44.1 Å². The quantitative estimate of drug-likeness (QED) is 0.532. The van der Waals surface area contributed by atoms with E-state index in [0.717, 1.165) is 70.4 Å². The summed E-state index contributed by atoms with van der Waals surface area (Å²) in [7, 11) is 3.10. The number of alkyl carbamates (subject to hydrolysis) is 1. The number of nitrogens with two attached hydrogens (primary N) is 1. The summed E-state index contributed by atoms with van der Waals surface area (Å²) in [5.41, 5.74) is 7.44. The molecule has 2 saturated heterocycles. The van der Waals surface area contributed by atoms with E-state index in [4.69, 9.17) is 10.00 Å². The first-order valence-electron chi connectivity index (χ1n) is 14.2. The summed E-state index contributed by atoms with van der Waals surface area (Å²) < 4.78 is 20.0. The number of piperidine rings is 1. The molecule has 210 valence electrons. The van der Waals surface area contributed by atoms with Gasteiger partial charge in [0.1, 0.15) is 11.9 Å². The summed E-state index contributed by atoms with van der Waals surface area (Å²) in [6.07, 6.45) is 4.59. The second-order valence-corrected chi connectivity index (χ2v) is 10.9. The minimum atomic E-state index is -0.375. The van der Waals surface area contributed by atoms with Crippen LogP contribution in [0.1, 0.15) is 49.1 Å². The first-order valence-corrected chi connectivity index (χ1v) is 14.2. The van der Waals surface area contributed by atoms with Crippen molar-refractivity contribution in [3.05, 3.63) is 65.5 Å². The molecule has 8 heteroatoms. The van der Waals surface area contributed by atoms with Gasteiger partial charge in [0.2, 0.25) is 0 Å². The Morgan fingerprint density at radius 3 is 2.49 bits per heavy atom. The van der Waals surface area contributed by atoms with Crippen molar-refractivity contribution in [2.75, 3.05) is 51.7 Å². The van der Waals surface area contributed by atoms with Crippen LogP contribution >= 0.6 is 0 Å². The van der Waals surface area contributed by atoms with Gasteiger partial charge in [-0.05, 0) is 106 Å². The largest absolute Gasteiger partial charge is 0.446 e. The lowest BCUT2D eigenvalue weighted by Gasteiger charge is -2.45. The summed E-state index contributed by atoms with van der Waals surface area (Å²) in [6.45, 7) is 5.32. The fourth-order valence-corrected chi connectivity index (χ4v) is 6.79. The molecule has 0 spiro atoms. The molecule has 5 rings (SSSR count). The zero-order chi connectivity index (χ0) is 27.8. The first kappa shape index (κ1) is 28.8. The van der Waals surface area contributed by atoms with Crippen LogP contribution in [0.2, 0.25) is 0 Å². The first-order chi connectivity index (χ1) is 19.0. The molecule has 0 bridgehead atoms. The maximum Gasteiger partial charge on any atom is 0.407 e. The zero-order valence-electron chi connectivity index (χ0n) is 23.2. The Morgan fingerprint density at radius 2 is 1.85 bits per heavy atom. The molecule has 1 saturated carbocycles. The van der Waals surface area contributed by atoms with Crippen LogP contribution in [-0.4, -0.2) is 63.9 Å². The smallest absolute Gasteiger partial charge is 0.407 e. The monoisotopic (exact) mass is 535 g/mol. The Hall–Kier alpha value is -3.15. The number of hydrogen-bond acceptors (Lipinski definition) is 6. The van der Waals surface area contributed by atoms with Crippen molar-refractivity contribution in [1.82, 2.24) is 10.2 Å². The number of hydrogen-bond donors (Lipinski definition) is 2. The van der Waals surface area contributed by atoms with Gasteiger partial charge in [-0.1, -0.05) is 12.1 Å². The Morgan fingerprint density at radius 1 is 1.13 bits per heavy atom. The fraction of sp³-hybridized carbons (Fsp3) is 0.548. The van der Waals surface area contributed by atoms with Gasteiger partial charge >= 0.3 is 6.09 Å². The predicted octanol–water partition coefficient (Wildman–Crippen LogP) is 4.73. The van der Waals surface area contributed by atoms with E-state index >= 15 is 0 Å². The standard InChI is InChI=1S/C30H37FN4O2.CH5N/c1-33-30(36)37-28-7-3-6-27(28)29(24-4-2-5-25(31)16-24)23-12-14-34(15-13-23)18-22-19-35(20-22)26-10-8-21(17-32)9-11-26;1-2/h2,4-5,8-11,16,22-23,27-29H,3,6-7,12-15,18-20H2,1H3,(H,33,36);2H2,1H3/t27-,28-,29?;/m0./s1. The van der Waals surface area contributed by atoms with Crippen molar-refractivity contribution in [3.63, 3.8) is 0 Å². The summed E-state index contributed by atoms with van der Waals surface area (Å²) in [5.74, 6) is 1.34. The van der Waals surface area contributed by atoms with Crippen LogP contribution < -0.4 is 16.0 Å². The molecule has 39 heavy (non-hydrogen) atoms. The molecule has 3 N–H and O–H groups in total. The predicted molar refractivity (Wildman–Crippen MR) is 152 cm³/mol. The number of nitrogens with zero attached hydrogens (tertiary/aromatic N) is 3. The molecule has 1 aliphatic carbocycles.